The molecule has 3 rings (SSSR count). The number of nitrogens with one attached hydrogen (secondary N) is 1. The molecular formula is C30H32Cl2F3N3O4S. The average Bonchev–Trinajstić information content (AvgIpc) is 2.95. The quantitative estimate of drug-likeness (QED) is 0.216. The van der Waals surface area contributed by atoms with Gasteiger partial charge < -0.3 is 10.2 Å². The summed E-state index contributed by atoms with van der Waals surface area (Å²) in [5, 5.41) is 2.59. The van der Waals surface area contributed by atoms with Crippen LogP contribution in [0, 0.1) is 6.92 Å². The van der Waals surface area contributed by atoms with Gasteiger partial charge in [-0.3, -0.25) is 13.9 Å². The molecule has 3 aromatic carbocycles. The molecular weight excluding hydrogens is 626 g/mol. The van der Waals surface area contributed by atoms with Crippen LogP contribution in [0.25, 0.3) is 0 Å². The predicted molar refractivity (Wildman–Crippen MR) is 162 cm³/mol. The number of hydrogen-bond donors (Lipinski definition) is 1. The van der Waals surface area contributed by atoms with Crippen LogP contribution in [-0.4, -0.2) is 44.3 Å². The van der Waals surface area contributed by atoms with E-state index in [4.69, 9.17) is 23.2 Å². The van der Waals surface area contributed by atoms with Gasteiger partial charge in [-0.05, 0) is 68.3 Å². The molecule has 43 heavy (non-hydrogen) atoms. The molecule has 13 heteroatoms. The van der Waals surface area contributed by atoms with Crippen LogP contribution in [0.15, 0.2) is 71.6 Å². The summed E-state index contributed by atoms with van der Waals surface area (Å²) in [6.07, 6.45) is -3.35. The second kappa shape index (κ2) is 14.5. The van der Waals surface area contributed by atoms with Gasteiger partial charge in [-0.1, -0.05) is 66.4 Å². The van der Waals surface area contributed by atoms with E-state index in [2.05, 4.69) is 5.32 Å². The molecule has 0 heterocycles. The number of unbranched alkanes of at least 4 members (excludes halogenated alkanes) is 1. The number of nitrogens with zero attached hydrogens (tertiary/aromatic N) is 2. The molecule has 0 spiro atoms. The number of carbonyl (C=O) groups is 2. The number of sulfonamides is 1. The Balaban J connectivity index is 2.09. The van der Waals surface area contributed by atoms with Crippen LogP contribution in [0.1, 0.15) is 43.4 Å². The molecule has 3 aromatic rings. The second-order valence-corrected chi connectivity index (χ2v) is 12.7. The largest absolute Gasteiger partial charge is 0.417 e. The fourth-order valence-electron chi connectivity index (χ4n) is 4.16. The Kier molecular flexibility index (Phi) is 11.5. The van der Waals surface area contributed by atoms with Crippen LogP contribution in [0.3, 0.4) is 0 Å². The molecule has 0 aliphatic rings. The third kappa shape index (κ3) is 8.87. The Morgan fingerprint density at radius 1 is 0.977 bits per heavy atom. The van der Waals surface area contributed by atoms with Crippen molar-refractivity contribution in [2.75, 3.05) is 17.4 Å². The van der Waals surface area contributed by atoms with Crippen LogP contribution in [-0.2, 0) is 32.3 Å². The molecule has 0 aromatic heterocycles. The molecule has 232 valence electrons. The molecule has 0 aliphatic carbocycles. The second-order valence-electron chi connectivity index (χ2n) is 9.96. The van der Waals surface area contributed by atoms with Gasteiger partial charge in [-0.15, -0.1) is 0 Å². The van der Waals surface area contributed by atoms with Gasteiger partial charge in [0.1, 0.15) is 12.6 Å². The van der Waals surface area contributed by atoms with Crippen molar-refractivity contribution in [3.63, 3.8) is 0 Å². The lowest BCUT2D eigenvalue weighted by molar-refractivity contribution is -0.139. The minimum atomic E-state index is -4.89. The number of rotatable bonds is 12. The van der Waals surface area contributed by atoms with Crippen molar-refractivity contribution in [2.24, 2.45) is 0 Å². The summed E-state index contributed by atoms with van der Waals surface area (Å²) in [5.74, 6) is -1.28. The number of aryl methyl sites for hydroxylation is 1. The number of anilines is 1. The van der Waals surface area contributed by atoms with Crippen LogP contribution in [0.5, 0.6) is 0 Å². The first-order valence-electron chi connectivity index (χ1n) is 13.4. The molecule has 2 amide bonds. The normalized spacial score (nSPS) is 12.5. The summed E-state index contributed by atoms with van der Waals surface area (Å²) in [7, 11) is -4.56. The van der Waals surface area contributed by atoms with Gasteiger partial charge in [0.15, 0.2) is 0 Å². The number of halogens is 5. The zero-order chi connectivity index (χ0) is 31.9. The highest BCUT2D eigenvalue weighted by molar-refractivity contribution is 7.92. The van der Waals surface area contributed by atoms with Crippen LogP contribution >= 0.6 is 23.2 Å². The molecule has 0 saturated carbocycles. The van der Waals surface area contributed by atoms with E-state index in [-0.39, 0.29) is 11.4 Å². The first kappa shape index (κ1) is 34.2. The Morgan fingerprint density at radius 2 is 1.60 bits per heavy atom. The van der Waals surface area contributed by atoms with Crippen molar-refractivity contribution < 1.29 is 31.2 Å². The lowest BCUT2D eigenvalue weighted by atomic mass is 10.1. The zero-order valence-corrected chi connectivity index (χ0v) is 26.1. The number of hydrogen-bond acceptors (Lipinski definition) is 4. The third-order valence-corrected chi connectivity index (χ3v) is 9.06. The van der Waals surface area contributed by atoms with E-state index in [1.54, 1.807) is 31.2 Å². The van der Waals surface area contributed by atoms with Crippen molar-refractivity contribution in [1.82, 2.24) is 10.2 Å². The standard InChI is InChI=1S/C30H32Cl2F3N3O4S/c1-4-5-16-36-29(40)21(3)37(18-22-8-10-23(31)11-9-22)28(39)19-38(43(41,42)25-13-6-20(2)7-14-25)24-12-15-27(32)26(17-24)30(33,34)35/h6-15,17,21H,4-5,16,18-19H2,1-3H3,(H,36,40). The summed E-state index contributed by atoms with van der Waals surface area (Å²) >= 11 is 11.8. The maximum Gasteiger partial charge on any atom is 0.417 e. The maximum absolute atomic E-state index is 13.9. The number of amides is 2. The topological polar surface area (TPSA) is 86.8 Å². The first-order valence-corrected chi connectivity index (χ1v) is 15.6. The minimum absolute atomic E-state index is 0.0921. The van der Waals surface area contributed by atoms with Gasteiger partial charge in [0.25, 0.3) is 10.0 Å². The van der Waals surface area contributed by atoms with Crippen LogP contribution in [0.2, 0.25) is 10.0 Å². The number of carbonyl (C=O) groups excluding carboxylic acids is 2. The third-order valence-electron chi connectivity index (χ3n) is 6.69. The van der Waals surface area contributed by atoms with Crippen LogP contribution < -0.4 is 9.62 Å². The van der Waals surface area contributed by atoms with Gasteiger partial charge >= 0.3 is 6.18 Å². The zero-order valence-electron chi connectivity index (χ0n) is 23.8. The molecule has 0 radical (unpaired) electrons. The molecule has 1 N–H and O–H groups in total. The van der Waals surface area contributed by atoms with Gasteiger partial charge in [-0.2, -0.15) is 13.2 Å². The monoisotopic (exact) mass is 657 g/mol. The van der Waals surface area contributed by atoms with E-state index < -0.39 is 56.9 Å². The molecule has 0 saturated heterocycles. The van der Waals surface area contributed by atoms with E-state index >= 15 is 0 Å². The van der Waals surface area contributed by atoms with E-state index in [0.29, 0.717) is 33.9 Å². The Morgan fingerprint density at radius 3 is 2.19 bits per heavy atom. The SMILES string of the molecule is CCCCNC(=O)C(C)N(Cc1ccc(Cl)cc1)C(=O)CN(c1ccc(Cl)c(C(F)(F)F)c1)S(=O)(=O)c1ccc(C)cc1. The molecule has 1 atom stereocenters. The summed E-state index contributed by atoms with van der Waals surface area (Å²) in [6.45, 7) is 4.59. The fraction of sp³-hybridized carbons (Fsp3) is 0.333. The van der Waals surface area contributed by atoms with Crippen molar-refractivity contribution >= 4 is 50.7 Å². The summed E-state index contributed by atoms with van der Waals surface area (Å²) < 4.78 is 69.6. The maximum atomic E-state index is 13.9. The molecule has 1 unspecified atom stereocenters. The van der Waals surface area contributed by atoms with Gasteiger partial charge in [0.2, 0.25) is 11.8 Å². The molecule has 0 fully saturated rings. The average molecular weight is 659 g/mol. The summed E-state index contributed by atoms with van der Waals surface area (Å²) in [5.41, 5.74) is -0.323. The Bertz CT molecular complexity index is 1530. The number of benzene rings is 3. The van der Waals surface area contributed by atoms with Crippen molar-refractivity contribution in [1.29, 1.82) is 0 Å². The summed E-state index contributed by atoms with van der Waals surface area (Å²) in [6, 6.07) is 13.8. The van der Waals surface area contributed by atoms with E-state index in [9.17, 15) is 31.2 Å². The van der Waals surface area contributed by atoms with E-state index in [1.165, 1.54) is 36.1 Å². The highest BCUT2D eigenvalue weighted by atomic mass is 35.5. The Hall–Kier alpha value is -3.28. The lowest BCUT2D eigenvalue weighted by Crippen LogP contribution is -2.51. The Labute approximate surface area is 259 Å². The molecule has 7 nitrogen and oxygen atoms in total. The van der Waals surface area contributed by atoms with Crippen molar-refractivity contribution in [2.45, 2.75) is 57.3 Å². The van der Waals surface area contributed by atoms with Crippen molar-refractivity contribution in [3.8, 4) is 0 Å². The van der Waals surface area contributed by atoms with Crippen molar-refractivity contribution in [3.05, 3.63) is 93.5 Å². The van der Waals surface area contributed by atoms with E-state index in [1.807, 2.05) is 6.92 Å². The highest BCUT2D eigenvalue weighted by Crippen LogP contribution is 2.38. The lowest BCUT2D eigenvalue weighted by Gasteiger charge is -2.32. The highest BCUT2D eigenvalue weighted by Gasteiger charge is 2.37. The van der Waals surface area contributed by atoms with Crippen LogP contribution in [0.4, 0.5) is 18.9 Å². The van der Waals surface area contributed by atoms with Gasteiger partial charge in [0, 0.05) is 18.1 Å². The van der Waals surface area contributed by atoms with Gasteiger partial charge in [-0.25, -0.2) is 8.42 Å². The number of alkyl halides is 3. The molecule has 0 aliphatic heterocycles. The minimum Gasteiger partial charge on any atom is -0.354 e. The first-order chi connectivity index (χ1) is 20.1. The van der Waals surface area contributed by atoms with Gasteiger partial charge in [0.05, 0.1) is 21.2 Å². The van der Waals surface area contributed by atoms with E-state index in [0.717, 1.165) is 24.1 Å². The fourth-order valence-corrected chi connectivity index (χ4v) is 5.91. The smallest absolute Gasteiger partial charge is 0.354 e. The molecule has 0 bridgehead atoms. The predicted octanol–water partition coefficient (Wildman–Crippen LogP) is 6.85. The summed E-state index contributed by atoms with van der Waals surface area (Å²) in [4.78, 5) is 27.9.